The molecule has 0 saturated heterocycles. The van der Waals surface area contributed by atoms with Gasteiger partial charge in [0.1, 0.15) is 10.6 Å². The number of aromatic nitrogens is 4. The maximum Gasteiger partial charge on any atom is 0.459 e. The zero-order chi connectivity index (χ0) is 21.5. The van der Waals surface area contributed by atoms with E-state index >= 15 is 0 Å². The average molecular weight is 446 g/mol. The summed E-state index contributed by atoms with van der Waals surface area (Å²) in [6.45, 7) is 1.38. The SMILES string of the molecule is CCS(=O)(=O)c1cnc(N)nc1-c1ncc(/C=C(\Cl)C(F)(F)C(F)(F)F)n1C. The minimum atomic E-state index is -5.88. The number of sulfone groups is 1. The van der Waals surface area contributed by atoms with E-state index in [9.17, 15) is 30.4 Å². The standard InChI is InChI=1S/C14H13ClF5N5O2S/c1-3-28(26,27)8-6-23-12(21)24-10(8)11-22-5-7(25(11)2)4-9(15)13(16,17)14(18,19)20/h4-6H,3H2,1-2H3,(H2,21,23,24)/b9-4-. The Morgan fingerprint density at radius 3 is 2.39 bits per heavy atom. The third kappa shape index (κ3) is 3.94. The summed E-state index contributed by atoms with van der Waals surface area (Å²) in [6.07, 6.45) is -3.61. The molecule has 0 aliphatic carbocycles. The van der Waals surface area contributed by atoms with Gasteiger partial charge in [-0.15, -0.1) is 0 Å². The van der Waals surface area contributed by atoms with E-state index in [0.29, 0.717) is 6.08 Å². The molecule has 2 heterocycles. The lowest BCUT2D eigenvalue weighted by Crippen LogP contribution is -2.36. The first-order valence-electron chi connectivity index (χ1n) is 7.42. The van der Waals surface area contributed by atoms with Crippen molar-refractivity contribution in [1.29, 1.82) is 0 Å². The van der Waals surface area contributed by atoms with Gasteiger partial charge in [0.2, 0.25) is 5.95 Å². The zero-order valence-electron chi connectivity index (χ0n) is 14.3. The Bertz CT molecular complexity index is 1030. The molecule has 0 amide bonds. The molecule has 0 fully saturated rings. The Morgan fingerprint density at radius 2 is 1.86 bits per heavy atom. The lowest BCUT2D eigenvalue weighted by molar-refractivity contribution is -0.261. The molecule has 0 radical (unpaired) electrons. The predicted octanol–water partition coefficient (Wildman–Crippen LogP) is 3.03. The molecular weight excluding hydrogens is 433 g/mol. The molecule has 0 atom stereocenters. The van der Waals surface area contributed by atoms with Crippen LogP contribution in [0.2, 0.25) is 0 Å². The van der Waals surface area contributed by atoms with Gasteiger partial charge in [0, 0.05) is 7.05 Å². The van der Waals surface area contributed by atoms with E-state index in [-0.39, 0.29) is 33.8 Å². The molecule has 0 aromatic carbocycles. The van der Waals surface area contributed by atoms with Gasteiger partial charge in [-0.1, -0.05) is 18.5 Å². The number of anilines is 1. The Kier molecular flexibility index (Phi) is 5.72. The van der Waals surface area contributed by atoms with Gasteiger partial charge in [0.15, 0.2) is 15.7 Å². The molecule has 154 valence electrons. The summed E-state index contributed by atoms with van der Waals surface area (Å²) in [6, 6.07) is 0. The number of imidazole rings is 1. The predicted molar refractivity (Wildman–Crippen MR) is 91.2 cm³/mol. The van der Waals surface area contributed by atoms with Gasteiger partial charge in [-0.2, -0.15) is 22.0 Å². The number of alkyl halides is 5. The largest absolute Gasteiger partial charge is 0.459 e. The Labute approximate surface area is 161 Å². The maximum atomic E-state index is 13.3. The molecule has 0 aliphatic heterocycles. The van der Waals surface area contributed by atoms with Crippen molar-refractivity contribution < 1.29 is 30.4 Å². The fraction of sp³-hybridized carbons (Fsp3) is 0.357. The van der Waals surface area contributed by atoms with E-state index in [2.05, 4.69) is 15.0 Å². The maximum absolute atomic E-state index is 13.3. The van der Waals surface area contributed by atoms with E-state index in [1.807, 2.05) is 0 Å². The van der Waals surface area contributed by atoms with Crippen molar-refractivity contribution in [3.05, 3.63) is 23.1 Å². The number of allylic oxidation sites excluding steroid dienone is 1. The lowest BCUT2D eigenvalue weighted by atomic mass is 10.2. The van der Waals surface area contributed by atoms with Crippen LogP contribution < -0.4 is 5.73 Å². The van der Waals surface area contributed by atoms with Crippen molar-refractivity contribution in [2.24, 2.45) is 7.05 Å². The summed E-state index contributed by atoms with van der Waals surface area (Å²) < 4.78 is 89.4. The molecule has 14 heteroatoms. The Hall–Kier alpha value is -2.28. The third-order valence-electron chi connectivity index (χ3n) is 3.66. The lowest BCUT2D eigenvalue weighted by Gasteiger charge is -2.18. The second-order valence-electron chi connectivity index (χ2n) is 5.47. The van der Waals surface area contributed by atoms with Gasteiger partial charge in [-0.05, 0) is 6.08 Å². The van der Waals surface area contributed by atoms with Gasteiger partial charge in [0.05, 0.1) is 28.9 Å². The summed E-state index contributed by atoms with van der Waals surface area (Å²) >= 11 is 5.18. The van der Waals surface area contributed by atoms with Crippen molar-refractivity contribution in [1.82, 2.24) is 19.5 Å². The van der Waals surface area contributed by atoms with Gasteiger partial charge < -0.3 is 10.3 Å². The summed E-state index contributed by atoms with van der Waals surface area (Å²) in [7, 11) is -2.56. The first kappa shape index (κ1) is 22.0. The summed E-state index contributed by atoms with van der Waals surface area (Å²) in [5.74, 6) is -6.00. The number of rotatable bonds is 5. The molecular formula is C14H13ClF5N5O2S. The van der Waals surface area contributed by atoms with Crippen LogP contribution in [0.3, 0.4) is 0 Å². The number of halogens is 6. The molecule has 0 bridgehead atoms. The highest BCUT2D eigenvalue weighted by atomic mass is 35.5. The normalized spacial score (nSPS) is 13.8. The van der Waals surface area contributed by atoms with E-state index in [1.165, 1.54) is 14.0 Å². The molecule has 2 aromatic rings. The monoisotopic (exact) mass is 445 g/mol. The number of hydrogen-bond acceptors (Lipinski definition) is 6. The number of nitrogens with zero attached hydrogens (tertiary/aromatic N) is 4. The molecule has 7 nitrogen and oxygen atoms in total. The minimum absolute atomic E-state index is 0.146. The van der Waals surface area contributed by atoms with E-state index < -0.39 is 27.0 Å². The van der Waals surface area contributed by atoms with Crippen LogP contribution >= 0.6 is 11.6 Å². The number of nitrogen functional groups attached to an aromatic ring is 1. The van der Waals surface area contributed by atoms with E-state index in [0.717, 1.165) is 17.0 Å². The van der Waals surface area contributed by atoms with Gasteiger partial charge in [0.25, 0.3) is 0 Å². The van der Waals surface area contributed by atoms with Crippen LogP contribution in [0.15, 0.2) is 22.3 Å². The average Bonchev–Trinajstić information content (AvgIpc) is 2.94. The van der Waals surface area contributed by atoms with Gasteiger partial charge >= 0.3 is 12.1 Å². The Morgan fingerprint density at radius 1 is 1.25 bits per heavy atom. The van der Waals surface area contributed by atoms with Crippen LogP contribution in [0.25, 0.3) is 17.6 Å². The topological polar surface area (TPSA) is 104 Å². The molecule has 0 aliphatic rings. The van der Waals surface area contributed by atoms with Crippen molar-refractivity contribution in [3.8, 4) is 11.5 Å². The molecule has 0 saturated carbocycles. The number of hydrogen-bond donors (Lipinski definition) is 1. The fourth-order valence-electron chi connectivity index (χ4n) is 2.06. The molecule has 2 rings (SSSR count). The summed E-state index contributed by atoms with van der Waals surface area (Å²) in [4.78, 5) is 11.0. The Balaban J connectivity index is 2.62. The van der Waals surface area contributed by atoms with Crippen LogP contribution in [-0.2, 0) is 16.9 Å². The molecule has 0 unspecified atom stereocenters. The van der Waals surface area contributed by atoms with Crippen LogP contribution in [-0.4, -0.2) is 45.8 Å². The van der Waals surface area contributed by atoms with Crippen LogP contribution in [0.5, 0.6) is 0 Å². The summed E-state index contributed by atoms with van der Waals surface area (Å²) in [5.41, 5.74) is 5.01. The van der Waals surface area contributed by atoms with Gasteiger partial charge in [-0.3, -0.25) is 0 Å². The quantitative estimate of drug-likeness (QED) is 0.709. The highest BCUT2D eigenvalue weighted by Crippen LogP contribution is 2.43. The highest BCUT2D eigenvalue weighted by Gasteiger charge is 2.59. The first-order valence-corrected chi connectivity index (χ1v) is 9.45. The first-order chi connectivity index (χ1) is 12.7. The van der Waals surface area contributed by atoms with Crippen molar-refractivity contribution >= 4 is 33.5 Å². The zero-order valence-corrected chi connectivity index (χ0v) is 15.9. The fourth-order valence-corrected chi connectivity index (χ4v) is 3.24. The van der Waals surface area contributed by atoms with Gasteiger partial charge in [-0.25, -0.2) is 23.4 Å². The number of nitrogens with two attached hydrogens (primary N) is 1. The van der Waals surface area contributed by atoms with Crippen LogP contribution in [0, 0.1) is 0 Å². The molecule has 0 spiro atoms. The van der Waals surface area contributed by atoms with Crippen LogP contribution in [0.1, 0.15) is 12.6 Å². The minimum Gasteiger partial charge on any atom is -0.368 e. The molecule has 2 N–H and O–H groups in total. The highest BCUT2D eigenvalue weighted by molar-refractivity contribution is 7.91. The van der Waals surface area contributed by atoms with Crippen molar-refractivity contribution in [2.75, 3.05) is 11.5 Å². The van der Waals surface area contributed by atoms with E-state index in [1.54, 1.807) is 0 Å². The van der Waals surface area contributed by atoms with E-state index in [4.69, 9.17) is 17.3 Å². The molecule has 28 heavy (non-hydrogen) atoms. The van der Waals surface area contributed by atoms with Crippen molar-refractivity contribution in [2.45, 2.75) is 23.9 Å². The summed E-state index contributed by atoms with van der Waals surface area (Å²) in [5, 5.41) is -1.78. The van der Waals surface area contributed by atoms with Crippen LogP contribution in [0.4, 0.5) is 27.9 Å². The second-order valence-corrected chi connectivity index (χ2v) is 8.13. The van der Waals surface area contributed by atoms with Crippen molar-refractivity contribution in [3.63, 3.8) is 0 Å². The second kappa shape index (κ2) is 7.28. The third-order valence-corrected chi connectivity index (χ3v) is 5.73. The smallest absolute Gasteiger partial charge is 0.368 e. The molecule has 2 aromatic heterocycles.